The molecular weight excluding hydrogens is 428 g/mol. The Kier molecular flexibility index (Phi) is 5.44. The van der Waals surface area contributed by atoms with Gasteiger partial charge in [-0.05, 0) is 62.4 Å². The smallest absolute Gasteiger partial charge is 0.187 e. The standard InChI is InChI=1S/C26H30N6O2/c1-16(31-12-11-19(27)15-31)18-7-10-25-29-30-26(32(25)14-18)21-9-6-17-5-8-20(13-22(17)28-21)34-24-4-2-3-23(24)33/h5-10,13-14,16,19,23-24,33H,2-4,11-12,15,27H2,1H3/t16-,19-,23+,24+/m0/s1. The number of nitrogens with zero attached hydrogens (tertiary/aromatic N) is 5. The molecule has 176 valence electrons. The number of ether oxygens (including phenoxy) is 1. The highest BCUT2D eigenvalue weighted by Crippen LogP contribution is 2.29. The molecule has 8 nitrogen and oxygen atoms in total. The Morgan fingerprint density at radius 2 is 1.97 bits per heavy atom. The van der Waals surface area contributed by atoms with Crippen molar-refractivity contribution in [1.82, 2.24) is 24.5 Å². The molecule has 2 aliphatic rings. The summed E-state index contributed by atoms with van der Waals surface area (Å²) in [5.41, 5.74) is 9.70. The molecule has 4 heterocycles. The second kappa shape index (κ2) is 8.61. The van der Waals surface area contributed by atoms with E-state index in [2.05, 4.69) is 34.3 Å². The van der Waals surface area contributed by atoms with E-state index >= 15 is 0 Å². The van der Waals surface area contributed by atoms with Crippen LogP contribution in [0.15, 0.2) is 48.7 Å². The van der Waals surface area contributed by atoms with Crippen molar-refractivity contribution in [3.8, 4) is 17.3 Å². The molecule has 0 amide bonds. The maximum Gasteiger partial charge on any atom is 0.187 e. The Bertz CT molecular complexity index is 1340. The van der Waals surface area contributed by atoms with Gasteiger partial charge in [0, 0.05) is 42.8 Å². The normalized spacial score (nSPS) is 24.3. The van der Waals surface area contributed by atoms with Crippen molar-refractivity contribution in [2.75, 3.05) is 13.1 Å². The first-order valence-electron chi connectivity index (χ1n) is 12.2. The molecule has 8 heteroatoms. The summed E-state index contributed by atoms with van der Waals surface area (Å²) in [5.74, 6) is 1.44. The number of fused-ring (bicyclic) bond motifs is 2. The molecule has 6 rings (SSSR count). The third-order valence-corrected chi connectivity index (χ3v) is 7.31. The predicted octanol–water partition coefficient (Wildman–Crippen LogP) is 3.33. The van der Waals surface area contributed by atoms with E-state index in [1.165, 1.54) is 5.56 Å². The van der Waals surface area contributed by atoms with Crippen LogP contribution in [0.4, 0.5) is 0 Å². The summed E-state index contributed by atoms with van der Waals surface area (Å²) in [7, 11) is 0. The lowest BCUT2D eigenvalue weighted by molar-refractivity contribution is 0.0605. The Morgan fingerprint density at radius 3 is 2.76 bits per heavy atom. The van der Waals surface area contributed by atoms with Crippen LogP contribution in [-0.4, -0.2) is 60.9 Å². The number of aromatic nitrogens is 4. The van der Waals surface area contributed by atoms with Crippen molar-refractivity contribution in [2.24, 2.45) is 5.73 Å². The Labute approximate surface area is 198 Å². The molecule has 3 aromatic heterocycles. The number of hydrogen-bond donors (Lipinski definition) is 2. The number of hydrogen-bond acceptors (Lipinski definition) is 7. The van der Waals surface area contributed by atoms with Gasteiger partial charge in [-0.15, -0.1) is 10.2 Å². The van der Waals surface area contributed by atoms with Crippen LogP contribution in [0.2, 0.25) is 0 Å². The fourth-order valence-electron chi connectivity index (χ4n) is 5.22. The lowest BCUT2D eigenvalue weighted by Crippen LogP contribution is -2.28. The second-order valence-corrected chi connectivity index (χ2v) is 9.64. The minimum atomic E-state index is -0.398. The van der Waals surface area contributed by atoms with Gasteiger partial charge in [0.05, 0.1) is 11.6 Å². The van der Waals surface area contributed by atoms with E-state index in [4.69, 9.17) is 15.5 Å². The quantitative estimate of drug-likeness (QED) is 0.473. The van der Waals surface area contributed by atoms with E-state index < -0.39 is 6.10 Å². The highest BCUT2D eigenvalue weighted by molar-refractivity contribution is 5.82. The van der Waals surface area contributed by atoms with Crippen LogP contribution < -0.4 is 10.5 Å². The number of nitrogens with two attached hydrogens (primary N) is 1. The molecule has 1 saturated heterocycles. The fourth-order valence-corrected chi connectivity index (χ4v) is 5.22. The predicted molar refractivity (Wildman–Crippen MR) is 131 cm³/mol. The van der Waals surface area contributed by atoms with Crippen molar-refractivity contribution in [2.45, 2.75) is 56.9 Å². The SMILES string of the molecule is C[C@@H](c1ccc2nnc(-c3ccc4ccc(O[C@@H]5CCC[C@H]5O)cc4n3)n2c1)N1CC[C@H](N)C1. The van der Waals surface area contributed by atoms with Crippen molar-refractivity contribution in [1.29, 1.82) is 0 Å². The van der Waals surface area contributed by atoms with Crippen LogP contribution >= 0.6 is 0 Å². The molecule has 0 spiro atoms. The summed E-state index contributed by atoms with van der Waals surface area (Å²) in [6.45, 7) is 4.16. The first-order chi connectivity index (χ1) is 16.5. The fraction of sp³-hybridized carbons (Fsp3) is 0.423. The minimum absolute atomic E-state index is 0.147. The van der Waals surface area contributed by atoms with Gasteiger partial charge in [0.25, 0.3) is 0 Å². The van der Waals surface area contributed by atoms with Gasteiger partial charge in [-0.3, -0.25) is 9.30 Å². The zero-order valence-corrected chi connectivity index (χ0v) is 19.3. The van der Waals surface area contributed by atoms with Gasteiger partial charge in [-0.1, -0.05) is 12.1 Å². The zero-order chi connectivity index (χ0) is 23.2. The van der Waals surface area contributed by atoms with E-state index in [0.717, 1.165) is 66.8 Å². The third-order valence-electron chi connectivity index (χ3n) is 7.31. The number of likely N-dealkylation sites (tertiary alicyclic amines) is 1. The Hall–Kier alpha value is -3.07. The van der Waals surface area contributed by atoms with E-state index in [-0.39, 0.29) is 18.2 Å². The first kappa shape index (κ1) is 21.5. The van der Waals surface area contributed by atoms with Gasteiger partial charge < -0.3 is 15.6 Å². The molecule has 3 N–H and O–H groups in total. The zero-order valence-electron chi connectivity index (χ0n) is 19.3. The third kappa shape index (κ3) is 3.91. The van der Waals surface area contributed by atoms with Gasteiger partial charge in [0.1, 0.15) is 17.5 Å². The molecule has 0 bridgehead atoms. The number of aliphatic hydroxyl groups excluding tert-OH is 1. The van der Waals surface area contributed by atoms with E-state index in [9.17, 15) is 5.11 Å². The molecule has 4 atom stereocenters. The average Bonchev–Trinajstić information content (AvgIpc) is 3.58. The average molecular weight is 459 g/mol. The first-order valence-corrected chi connectivity index (χ1v) is 12.2. The van der Waals surface area contributed by atoms with Crippen LogP contribution in [-0.2, 0) is 0 Å². The van der Waals surface area contributed by atoms with Gasteiger partial charge in [-0.25, -0.2) is 4.98 Å². The summed E-state index contributed by atoms with van der Waals surface area (Å²) in [5, 5.41) is 20.0. The van der Waals surface area contributed by atoms with Gasteiger partial charge in [0.15, 0.2) is 11.5 Å². The lowest BCUT2D eigenvalue weighted by atomic mass is 10.1. The molecule has 1 aromatic carbocycles. The van der Waals surface area contributed by atoms with Gasteiger partial charge in [-0.2, -0.15) is 0 Å². The molecule has 1 saturated carbocycles. The lowest BCUT2D eigenvalue weighted by Gasteiger charge is -2.24. The summed E-state index contributed by atoms with van der Waals surface area (Å²) in [4.78, 5) is 7.31. The van der Waals surface area contributed by atoms with E-state index in [1.807, 2.05) is 40.8 Å². The van der Waals surface area contributed by atoms with Crippen molar-refractivity contribution in [3.05, 3.63) is 54.2 Å². The highest BCUT2D eigenvalue weighted by Gasteiger charge is 2.27. The van der Waals surface area contributed by atoms with Gasteiger partial charge in [0.2, 0.25) is 0 Å². The van der Waals surface area contributed by atoms with Crippen molar-refractivity contribution in [3.63, 3.8) is 0 Å². The number of benzene rings is 1. The van der Waals surface area contributed by atoms with Crippen LogP contribution in [0.1, 0.15) is 44.2 Å². The monoisotopic (exact) mass is 458 g/mol. The summed E-state index contributed by atoms with van der Waals surface area (Å²) >= 11 is 0. The molecule has 1 aliphatic heterocycles. The Balaban J connectivity index is 1.33. The van der Waals surface area contributed by atoms with Crippen molar-refractivity contribution < 1.29 is 9.84 Å². The number of rotatable bonds is 5. The molecule has 34 heavy (non-hydrogen) atoms. The van der Waals surface area contributed by atoms with E-state index in [1.54, 1.807) is 0 Å². The summed E-state index contributed by atoms with van der Waals surface area (Å²) < 4.78 is 8.08. The summed E-state index contributed by atoms with van der Waals surface area (Å²) in [6, 6.07) is 14.6. The molecule has 0 unspecified atom stereocenters. The van der Waals surface area contributed by atoms with Crippen LogP contribution in [0, 0.1) is 0 Å². The van der Waals surface area contributed by atoms with Crippen LogP contribution in [0.5, 0.6) is 5.75 Å². The largest absolute Gasteiger partial charge is 0.488 e. The summed E-state index contributed by atoms with van der Waals surface area (Å²) in [6.07, 6.45) is 5.28. The van der Waals surface area contributed by atoms with Gasteiger partial charge >= 0.3 is 0 Å². The molecule has 2 fully saturated rings. The topological polar surface area (TPSA) is 102 Å². The number of pyridine rings is 2. The second-order valence-electron chi connectivity index (χ2n) is 9.64. The van der Waals surface area contributed by atoms with Crippen molar-refractivity contribution >= 4 is 16.6 Å². The van der Waals surface area contributed by atoms with Crippen LogP contribution in [0.3, 0.4) is 0 Å². The maximum atomic E-state index is 10.1. The highest BCUT2D eigenvalue weighted by atomic mass is 16.5. The number of aliphatic hydroxyl groups is 1. The maximum absolute atomic E-state index is 10.1. The molecule has 1 aliphatic carbocycles. The molecule has 0 radical (unpaired) electrons. The van der Waals surface area contributed by atoms with Crippen LogP contribution in [0.25, 0.3) is 28.1 Å². The Morgan fingerprint density at radius 1 is 1.09 bits per heavy atom. The molecular formula is C26H30N6O2. The minimum Gasteiger partial charge on any atom is -0.488 e. The molecule has 4 aromatic rings. The van der Waals surface area contributed by atoms with E-state index in [0.29, 0.717) is 5.82 Å².